The van der Waals surface area contributed by atoms with Crippen LogP contribution < -0.4 is 5.32 Å². The van der Waals surface area contributed by atoms with Crippen molar-refractivity contribution < 1.29 is 9.59 Å². The number of carbonyl (C=O) groups is 2. The lowest BCUT2D eigenvalue weighted by atomic mass is 10.1. The number of hydrogen-bond donors (Lipinski definition) is 1. The Morgan fingerprint density at radius 1 is 1.35 bits per heavy atom. The molecule has 0 aliphatic rings. The van der Waals surface area contributed by atoms with Gasteiger partial charge in [-0.05, 0) is 52.7 Å². The molecule has 0 spiro atoms. The van der Waals surface area contributed by atoms with Gasteiger partial charge in [0.25, 0.3) is 5.91 Å². The van der Waals surface area contributed by atoms with Crippen LogP contribution in [0.3, 0.4) is 0 Å². The minimum atomic E-state index is -0.665. The molecule has 0 saturated carbocycles. The molecule has 134 valence electrons. The highest BCUT2D eigenvalue weighted by Gasteiger charge is 2.22. The number of nitriles is 1. The summed E-state index contributed by atoms with van der Waals surface area (Å²) in [6.07, 6.45) is 1.65. The molecule has 7 heteroatoms. The van der Waals surface area contributed by atoms with Gasteiger partial charge in [-0.25, -0.2) is 0 Å². The first-order valence-electron chi connectivity index (χ1n) is 7.89. The first kappa shape index (κ1) is 19.9. The molecule has 26 heavy (non-hydrogen) atoms. The van der Waals surface area contributed by atoms with Crippen molar-refractivity contribution >= 4 is 39.1 Å². The first-order valence-corrected chi connectivity index (χ1v) is 9.50. The van der Waals surface area contributed by atoms with E-state index in [0.717, 1.165) is 9.35 Å². The van der Waals surface area contributed by atoms with Crippen molar-refractivity contribution in [1.82, 2.24) is 10.2 Å². The molecule has 1 aromatic carbocycles. The van der Waals surface area contributed by atoms with Gasteiger partial charge in [0.2, 0.25) is 5.91 Å². The third-order valence-electron chi connectivity index (χ3n) is 3.63. The van der Waals surface area contributed by atoms with Gasteiger partial charge in [-0.2, -0.15) is 5.26 Å². The zero-order valence-corrected chi connectivity index (χ0v) is 16.6. The van der Waals surface area contributed by atoms with Crippen molar-refractivity contribution in [3.8, 4) is 6.07 Å². The Kier molecular flexibility index (Phi) is 7.13. The number of thiophene rings is 1. The third kappa shape index (κ3) is 5.28. The van der Waals surface area contributed by atoms with E-state index >= 15 is 0 Å². The van der Waals surface area contributed by atoms with Crippen LogP contribution in [0.15, 0.2) is 52.8 Å². The van der Waals surface area contributed by atoms with E-state index in [2.05, 4.69) is 33.9 Å². The molecule has 1 aromatic heterocycles. The van der Waals surface area contributed by atoms with Crippen LogP contribution in [0.2, 0.25) is 0 Å². The van der Waals surface area contributed by atoms with Crippen LogP contribution in [0.5, 0.6) is 0 Å². The topological polar surface area (TPSA) is 73.2 Å². The molecule has 2 aromatic rings. The van der Waals surface area contributed by atoms with Crippen LogP contribution in [0, 0.1) is 11.3 Å². The Hall–Kier alpha value is -2.43. The number of rotatable bonds is 7. The second-order valence-electron chi connectivity index (χ2n) is 5.62. The van der Waals surface area contributed by atoms with Crippen LogP contribution in [-0.2, 0) is 11.3 Å². The highest BCUT2D eigenvalue weighted by Crippen LogP contribution is 2.22. The van der Waals surface area contributed by atoms with E-state index in [4.69, 9.17) is 5.26 Å². The molecule has 0 aliphatic heterocycles. The fourth-order valence-electron chi connectivity index (χ4n) is 2.33. The summed E-state index contributed by atoms with van der Waals surface area (Å²) < 4.78 is 0.857. The van der Waals surface area contributed by atoms with E-state index in [9.17, 15) is 9.59 Å². The second-order valence-corrected chi connectivity index (χ2v) is 8.08. The molecule has 0 fully saturated rings. The molecule has 0 aliphatic carbocycles. The fraction of sp³-hybridized carbons (Fsp3) is 0.211. The number of nitrogens with one attached hydrogen (secondary N) is 1. The molecular weight excluding hydrogens is 414 g/mol. The summed E-state index contributed by atoms with van der Waals surface area (Å²) in [6.45, 7) is 6.10. The largest absolute Gasteiger partial charge is 0.340 e. The van der Waals surface area contributed by atoms with Crippen molar-refractivity contribution in [3.05, 3.63) is 68.8 Å². The quantitative estimate of drug-likeness (QED) is 0.678. The van der Waals surface area contributed by atoms with Gasteiger partial charge in [0.15, 0.2) is 0 Å². The third-order valence-corrected chi connectivity index (χ3v) is 5.26. The Balaban J connectivity index is 2.04. The van der Waals surface area contributed by atoms with Gasteiger partial charge >= 0.3 is 0 Å². The van der Waals surface area contributed by atoms with Crippen molar-refractivity contribution in [2.45, 2.75) is 19.5 Å². The first-order chi connectivity index (χ1) is 12.4. The van der Waals surface area contributed by atoms with Gasteiger partial charge in [-0.1, -0.05) is 18.2 Å². The average Bonchev–Trinajstić information content (AvgIpc) is 3.08. The normalized spacial score (nSPS) is 11.3. The van der Waals surface area contributed by atoms with Crippen LogP contribution in [0.4, 0.5) is 0 Å². The lowest BCUT2D eigenvalue weighted by molar-refractivity contribution is -0.132. The summed E-state index contributed by atoms with van der Waals surface area (Å²) in [5, 5.41) is 11.6. The molecule has 2 rings (SSSR count). The monoisotopic (exact) mass is 431 g/mol. The molecule has 1 unspecified atom stereocenters. The summed E-state index contributed by atoms with van der Waals surface area (Å²) in [4.78, 5) is 27.1. The summed E-state index contributed by atoms with van der Waals surface area (Å²) in [7, 11) is 0. The summed E-state index contributed by atoms with van der Waals surface area (Å²) in [5.41, 5.74) is 1.47. The summed E-state index contributed by atoms with van der Waals surface area (Å²) in [5.74, 6) is -0.475. The molecule has 5 nitrogen and oxygen atoms in total. The molecule has 1 heterocycles. The van der Waals surface area contributed by atoms with E-state index in [0.29, 0.717) is 23.5 Å². The average molecular weight is 432 g/mol. The van der Waals surface area contributed by atoms with Gasteiger partial charge in [0, 0.05) is 13.1 Å². The number of amides is 2. The van der Waals surface area contributed by atoms with E-state index in [1.807, 2.05) is 12.1 Å². The maximum atomic E-state index is 12.7. The van der Waals surface area contributed by atoms with Crippen molar-refractivity contribution in [2.24, 2.45) is 0 Å². The van der Waals surface area contributed by atoms with Gasteiger partial charge in [0.1, 0.15) is 6.04 Å². The van der Waals surface area contributed by atoms with Gasteiger partial charge in [0.05, 0.1) is 20.3 Å². The summed E-state index contributed by atoms with van der Waals surface area (Å²) >= 11 is 4.63. The Bertz CT molecular complexity index is 839. The predicted molar refractivity (Wildman–Crippen MR) is 106 cm³/mol. The Morgan fingerprint density at radius 3 is 2.58 bits per heavy atom. The van der Waals surface area contributed by atoms with E-state index < -0.39 is 6.04 Å². The molecule has 2 amide bonds. The number of halogens is 1. The van der Waals surface area contributed by atoms with Gasteiger partial charge in [-0.15, -0.1) is 17.9 Å². The summed E-state index contributed by atoms with van der Waals surface area (Å²) in [6, 6.07) is 12.0. The van der Waals surface area contributed by atoms with E-state index in [1.165, 1.54) is 11.3 Å². The van der Waals surface area contributed by atoms with Gasteiger partial charge in [-0.3, -0.25) is 9.59 Å². The number of hydrogen-bond acceptors (Lipinski definition) is 4. The minimum Gasteiger partial charge on any atom is -0.340 e. The predicted octanol–water partition coefficient (Wildman–Crippen LogP) is 3.72. The highest BCUT2D eigenvalue weighted by atomic mass is 79.9. The Labute approximate surface area is 165 Å². The van der Waals surface area contributed by atoms with Crippen molar-refractivity contribution in [1.29, 1.82) is 5.26 Å². The zero-order chi connectivity index (χ0) is 19.1. The van der Waals surface area contributed by atoms with Crippen LogP contribution >= 0.6 is 27.3 Å². The van der Waals surface area contributed by atoms with E-state index in [1.54, 1.807) is 42.2 Å². The molecule has 0 saturated heterocycles. The molecule has 0 radical (unpaired) electrons. The standard InChI is InChI=1S/C19H18BrN3O2S/c1-3-10-23(12-15-6-4-14(11-21)5-7-15)19(25)13(2)22-18(24)16-8-9-17(20)26-16/h3-9,13H,1,10,12H2,2H3,(H,22,24). The van der Waals surface area contributed by atoms with Crippen LogP contribution in [0.1, 0.15) is 27.7 Å². The van der Waals surface area contributed by atoms with E-state index in [-0.39, 0.29) is 11.8 Å². The molecule has 1 N–H and O–H groups in total. The lowest BCUT2D eigenvalue weighted by Crippen LogP contribution is -2.46. The molecule has 0 bridgehead atoms. The number of nitrogens with zero attached hydrogens (tertiary/aromatic N) is 2. The number of benzene rings is 1. The molecule has 1 atom stereocenters. The van der Waals surface area contributed by atoms with Crippen LogP contribution in [-0.4, -0.2) is 29.3 Å². The fourth-order valence-corrected chi connectivity index (χ4v) is 3.62. The maximum absolute atomic E-state index is 12.7. The molecular formula is C19H18BrN3O2S. The second kappa shape index (κ2) is 9.32. The van der Waals surface area contributed by atoms with Crippen molar-refractivity contribution in [3.63, 3.8) is 0 Å². The zero-order valence-electron chi connectivity index (χ0n) is 14.2. The minimum absolute atomic E-state index is 0.196. The van der Waals surface area contributed by atoms with Crippen molar-refractivity contribution in [2.75, 3.05) is 6.54 Å². The Morgan fingerprint density at radius 2 is 2.04 bits per heavy atom. The highest BCUT2D eigenvalue weighted by molar-refractivity contribution is 9.11. The number of carbonyl (C=O) groups excluding carboxylic acids is 2. The smallest absolute Gasteiger partial charge is 0.262 e. The maximum Gasteiger partial charge on any atom is 0.262 e. The van der Waals surface area contributed by atoms with Gasteiger partial charge < -0.3 is 10.2 Å². The lowest BCUT2D eigenvalue weighted by Gasteiger charge is -2.25. The SMILES string of the molecule is C=CCN(Cc1ccc(C#N)cc1)C(=O)C(C)NC(=O)c1ccc(Br)s1. The van der Waals surface area contributed by atoms with Crippen LogP contribution in [0.25, 0.3) is 0 Å².